The molecule has 4 rings (SSSR count). The standard InChI is InChI=1S/C29H46/c1-7-22(20(2)3)12-11-21(4)25-15-16-26-24-14-13-23-10-8-9-18-28(23,5)27(24)17-19-29(25,26)6/h8,10-13,20-22,24-27H,7,9,14-19H2,1-6H3/t21-,22-,24+,25-,26+,27+,28+,29-/m1/s1. The lowest BCUT2D eigenvalue weighted by molar-refractivity contribution is -0.0410. The Labute approximate surface area is 181 Å². The maximum absolute atomic E-state index is 2.69. The second-order valence-corrected chi connectivity index (χ2v) is 11.9. The molecule has 0 aromatic heterocycles. The van der Waals surface area contributed by atoms with E-state index in [-0.39, 0.29) is 0 Å². The van der Waals surface area contributed by atoms with Crippen molar-refractivity contribution >= 4 is 0 Å². The molecule has 0 radical (unpaired) electrons. The summed E-state index contributed by atoms with van der Waals surface area (Å²) >= 11 is 0. The summed E-state index contributed by atoms with van der Waals surface area (Å²) in [4.78, 5) is 0. The van der Waals surface area contributed by atoms with E-state index in [1.165, 1.54) is 51.4 Å². The Balaban J connectivity index is 1.53. The summed E-state index contributed by atoms with van der Waals surface area (Å²) in [6.07, 6.45) is 23.9. The zero-order valence-electron chi connectivity index (χ0n) is 20.1. The molecule has 8 atom stereocenters. The van der Waals surface area contributed by atoms with Crippen LogP contribution in [0.4, 0.5) is 0 Å². The topological polar surface area (TPSA) is 0 Å². The highest BCUT2D eigenvalue weighted by atomic mass is 14.6. The summed E-state index contributed by atoms with van der Waals surface area (Å²) in [5, 5.41) is 0. The first-order valence-corrected chi connectivity index (χ1v) is 12.9. The molecule has 0 aliphatic heterocycles. The summed E-state index contributed by atoms with van der Waals surface area (Å²) in [5.74, 6) is 5.96. The largest absolute Gasteiger partial charge is 0.0851 e. The number of hydrogen-bond acceptors (Lipinski definition) is 0. The van der Waals surface area contributed by atoms with Gasteiger partial charge in [0, 0.05) is 0 Å². The third-order valence-electron chi connectivity index (χ3n) is 10.4. The van der Waals surface area contributed by atoms with Crippen LogP contribution in [0.1, 0.15) is 92.9 Å². The molecule has 0 heterocycles. The van der Waals surface area contributed by atoms with E-state index in [0.717, 1.165) is 41.4 Å². The third-order valence-corrected chi connectivity index (χ3v) is 10.4. The first-order chi connectivity index (χ1) is 13.8. The number of allylic oxidation sites excluding steroid dienone is 6. The van der Waals surface area contributed by atoms with Crippen LogP contribution in [-0.4, -0.2) is 0 Å². The quantitative estimate of drug-likeness (QED) is 0.409. The zero-order valence-corrected chi connectivity index (χ0v) is 20.1. The molecule has 0 aromatic carbocycles. The molecule has 2 fully saturated rings. The van der Waals surface area contributed by atoms with Crippen molar-refractivity contribution in [2.45, 2.75) is 92.9 Å². The van der Waals surface area contributed by atoms with Gasteiger partial charge < -0.3 is 0 Å². The molecule has 0 bridgehead atoms. The first kappa shape index (κ1) is 21.5. The van der Waals surface area contributed by atoms with Crippen molar-refractivity contribution in [3.05, 3.63) is 36.0 Å². The summed E-state index contributed by atoms with van der Waals surface area (Å²) in [7, 11) is 0. The minimum absolute atomic E-state index is 0.466. The van der Waals surface area contributed by atoms with Gasteiger partial charge in [-0.05, 0) is 109 Å². The van der Waals surface area contributed by atoms with Crippen LogP contribution < -0.4 is 0 Å². The van der Waals surface area contributed by atoms with Crippen LogP contribution in [0.15, 0.2) is 36.0 Å². The molecule has 0 N–H and O–H groups in total. The number of hydrogen-bond donors (Lipinski definition) is 0. The maximum Gasteiger partial charge on any atom is -0.00445 e. The molecule has 162 valence electrons. The Kier molecular flexibility index (Phi) is 5.95. The van der Waals surface area contributed by atoms with E-state index < -0.39 is 0 Å². The Morgan fingerprint density at radius 3 is 2.55 bits per heavy atom. The van der Waals surface area contributed by atoms with Crippen LogP contribution in [0.5, 0.6) is 0 Å². The van der Waals surface area contributed by atoms with Crippen LogP contribution in [0.2, 0.25) is 0 Å². The van der Waals surface area contributed by atoms with Crippen molar-refractivity contribution in [2.75, 3.05) is 0 Å². The Bertz CT molecular complexity index is 678. The highest BCUT2D eigenvalue weighted by Crippen LogP contribution is 2.66. The van der Waals surface area contributed by atoms with E-state index in [0.29, 0.717) is 10.8 Å². The minimum atomic E-state index is 0.466. The minimum Gasteiger partial charge on any atom is -0.0851 e. The molecule has 0 nitrogen and oxygen atoms in total. The van der Waals surface area contributed by atoms with Gasteiger partial charge in [-0.15, -0.1) is 0 Å². The van der Waals surface area contributed by atoms with E-state index in [9.17, 15) is 0 Å². The second kappa shape index (κ2) is 8.05. The molecule has 29 heavy (non-hydrogen) atoms. The number of rotatable bonds is 5. The average Bonchev–Trinajstić information content (AvgIpc) is 3.05. The third kappa shape index (κ3) is 3.51. The highest BCUT2D eigenvalue weighted by molar-refractivity contribution is 5.34. The Hall–Kier alpha value is -0.780. The van der Waals surface area contributed by atoms with Crippen LogP contribution in [0.3, 0.4) is 0 Å². The molecule has 0 saturated heterocycles. The SMILES string of the molecule is CC[C@H](C=C[C@@H](C)[C@H]1CC[C@H]2[C@@H]3CC=C4C=CCC[C@]4(C)[C@H]3CC[C@]12C)C(C)C. The molecule has 0 heteroatoms. The van der Waals surface area contributed by atoms with Crippen LogP contribution >= 0.6 is 0 Å². The smallest absolute Gasteiger partial charge is 0.00445 e. The van der Waals surface area contributed by atoms with Gasteiger partial charge in [0.25, 0.3) is 0 Å². The van der Waals surface area contributed by atoms with Crippen molar-refractivity contribution < 1.29 is 0 Å². The average molecular weight is 395 g/mol. The van der Waals surface area contributed by atoms with Gasteiger partial charge in [0.05, 0.1) is 0 Å². The molecule has 0 spiro atoms. The van der Waals surface area contributed by atoms with Crippen molar-refractivity contribution in [3.8, 4) is 0 Å². The van der Waals surface area contributed by atoms with Crippen LogP contribution in [0.25, 0.3) is 0 Å². The van der Waals surface area contributed by atoms with Gasteiger partial charge >= 0.3 is 0 Å². The lowest BCUT2D eigenvalue weighted by Crippen LogP contribution is -2.49. The highest BCUT2D eigenvalue weighted by Gasteiger charge is 2.58. The van der Waals surface area contributed by atoms with Gasteiger partial charge in [0.15, 0.2) is 0 Å². The van der Waals surface area contributed by atoms with Gasteiger partial charge in [-0.2, -0.15) is 0 Å². The molecule has 4 aliphatic rings. The van der Waals surface area contributed by atoms with Crippen molar-refractivity contribution in [1.82, 2.24) is 0 Å². The summed E-state index contributed by atoms with van der Waals surface area (Å²) in [5.41, 5.74) is 2.71. The van der Waals surface area contributed by atoms with Crippen LogP contribution in [0, 0.1) is 52.3 Å². The van der Waals surface area contributed by atoms with Gasteiger partial charge in [-0.3, -0.25) is 0 Å². The molecule has 0 aromatic rings. The van der Waals surface area contributed by atoms with Gasteiger partial charge in [0.2, 0.25) is 0 Å². The summed E-state index contributed by atoms with van der Waals surface area (Å²) < 4.78 is 0. The zero-order chi connectivity index (χ0) is 20.8. The lowest BCUT2D eigenvalue weighted by atomic mass is 9.47. The molecule has 0 unspecified atom stereocenters. The molecule has 4 aliphatic carbocycles. The predicted octanol–water partition coefficient (Wildman–Crippen LogP) is 8.61. The fourth-order valence-corrected chi connectivity index (χ4v) is 8.49. The normalized spacial score (nSPS) is 43.6. The van der Waals surface area contributed by atoms with Crippen LogP contribution in [-0.2, 0) is 0 Å². The summed E-state index contributed by atoms with van der Waals surface area (Å²) in [6.45, 7) is 14.9. The van der Waals surface area contributed by atoms with Crippen molar-refractivity contribution in [2.24, 2.45) is 52.3 Å². The van der Waals surface area contributed by atoms with Crippen molar-refractivity contribution in [1.29, 1.82) is 0 Å². The maximum atomic E-state index is 2.69. The van der Waals surface area contributed by atoms with Gasteiger partial charge in [-0.25, -0.2) is 0 Å². The van der Waals surface area contributed by atoms with E-state index >= 15 is 0 Å². The molecule has 2 saturated carbocycles. The fourth-order valence-electron chi connectivity index (χ4n) is 8.49. The lowest BCUT2D eigenvalue weighted by Gasteiger charge is -2.57. The van der Waals surface area contributed by atoms with E-state index in [2.05, 4.69) is 71.9 Å². The Morgan fingerprint density at radius 1 is 1.03 bits per heavy atom. The predicted molar refractivity (Wildman–Crippen MR) is 127 cm³/mol. The van der Waals surface area contributed by atoms with E-state index in [1.54, 1.807) is 5.57 Å². The Morgan fingerprint density at radius 2 is 1.83 bits per heavy atom. The molecular weight excluding hydrogens is 348 g/mol. The second-order valence-electron chi connectivity index (χ2n) is 11.9. The van der Waals surface area contributed by atoms with Gasteiger partial charge in [0.1, 0.15) is 0 Å². The van der Waals surface area contributed by atoms with E-state index in [1.807, 2.05) is 0 Å². The van der Waals surface area contributed by atoms with Crippen molar-refractivity contribution in [3.63, 3.8) is 0 Å². The van der Waals surface area contributed by atoms with Gasteiger partial charge in [-0.1, -0.05) is 71.9 Å². The molecular formula is C29H46. The number of fused-ring (bicyclic) bond motifs is 5. The molecule has 0 amide bonds. The van der Waals surface area contributed by atoms with E-state index in [4.69, 9.17) is 0 Å². The summed E-state index contributed by atoms with van der Waals surface area (Å²) in [6, 6.07) is 0. The first-order valence-electron chi connectivity index (χ1n) is 12.9. The monoisotopic (exact) mass is 394 g/mol. The fraction of sp³-hybridized carbons (Fsp3) is 0.793.